The first kappa shape index (κ1) is 18.8. The van der Waals surface area contributed by atoms with E-state index in [0.29, 0.717) is 6.04 Å². The van der Waals surface area contributed by atoms with Crippen molar-refractivity contribution in [2.24, 2.45) is 0 Å². The summed E-state index contributed by atoms with van der Waals surface area (Å²) in [7, 11) is 4.21. The first-order valence-corrected chi connectivity index (χ1v) is 10.2. The first-order chi connectivity index (χ1) is 11.1. The van der Waals surface area contributed by atoms with Crippen LogP contribution in [0.25, 0.3) is 0 Å². The second-order valence-electron chi connectivity index (χ2n) is 5.73. The number of thioether (sulfide) groups is 1. The Balaban J connectivity index is 2.18. The second-order valence-corrected chi connectivity index (χ2v) is 8.47. The summed E-state index contributed by atoms with van der Waals surface area (Å²) in [5, 5.41) is 9.98. The van der Waals surface area contributed by atoms with Gasteiger partial charge in [-0.3, -0.25) is 4.90 Å². The Labute approximate surface area is 152 Å². The molecule has 2 aromatic rings. The van der Waals surface area contributed by atoms with Crippen molar-refractivity contribution in [1.82, 2.24) is 19.7 Å². The third kappa shape index (κ3) is 4.95. The zero-order valence-electron chi connectivity index (χ0n) is 14.3. The average molecular weight is 373 g/mol. The van der Waals surface area contributed by atoms with Gasteiger partial charge in [0.05, 0.1) is 10.4 Å². The van der Waals surface area contributed by atoms with E-state index in [4.69, 9.17) is 11.6 Å². The maximum Gasteiger partial charge on any atom is 0.191 e. The lowest BCUT2D eigenvalue weighted by atomic mass is 10.2. The molecule has 0 aliphatic carbocycles. The lowest BCUT2D eigenvalue weighted by Gasteiger charge is -2.23. The van der Waals surface area contributed by atoms with E-state index in [-0.39, 0.29) is 0 Å². The summed E-state index contributed by atoms with van der Waals surface area (Å²) in [5.74, 6) is 1.97. The highest BCUT2D eigenvalue weighted by Crippen LogP contribution is 2.30. The average Bonchev–Trinajstić information content (AvgIpc) is 3.10. The molecule has 0 fully saturated rings. The van der Waals surface area contributed by atoms with Gasteiger partial charge in [0.1, 0.15) is 0 Å². The number of hydrogen-bond donors (Lipinski definition) is 0. The summed E-state index contributed by atoms with van der Waals surface area (Å²) in [5.41, 5.74) is 0. The van der Waals surface area contributed by atoms with Gasteiger partial charge >= 0.3 is 0 Å². The third-order valence-electron chi connectivity index (χ3n) is 3.76. The monoisotopic (exact) mass is 372 g/mol. The standard InChI is InChI=1S/C16H25ClN4S2/c1-5-7-10-21-15(13(6-2)20(3)4)18-19-16(21)22-11-12-8-9-14(17)23-12/h8-9,13H,5-7,10-11H2,1-4H3. The minimum Gasteiger partial charge on any atom is -0.305 e. The van der Waals surface area contributed by atoms with Crippen molar-refractivity contribution in [3.63, 3.8) is 0 Å². The summed E-state index contributed by atoms with van der Waals surface area (Å²) in [6.45, 7) is 5.40. The molecule has 4 nitrogen and oxygen atoms in total. The van der Waals surface area contributed by atoms with Crippen molar-refractivity contribution in [1.29, 1.82) is 0 Å². The Morgan fingerprint density at radius 1 is 1.30 bits per heavy atom. The molecule has 0 bridgehead atoms. The SMILES string of the molecule is CCCCn1c(SCc2ccc(Cl)s2)nnc1C(CC)N(C)C. The molecule has 0 aliphatic rings. The molecule has 0 aliphatic heterocycles. The minimum atomic E-state index is 0.310. The molecule has 2 aromatic heterocycles. The van der Waals surface area contributed by atoms with E-state index in [2.05, 4.69) is 53.7 Å². The van der Waals surface area contributed by atoms with Crippen LogP contribution in [-0.2, 0) is 12.3 Å². The normalized spacial score (nSPS) is 13.0. The molecule has 2 rings (SSSR count). The topological polar surface area (TPSA) is 34.0 Å². The lowest BCUT2D eigenvalue weighted by molar-refractivity contribution is 0.270. The molecule has 2 heterocycles. The van der Waals surface area contributed by atoms with E-state index in [0.717, 1.165) is 40.5 Å². The summed E-state index contributed by atoms with van der Waals surface area (Å²) >= 11 is 9.39. The zero-order valence-corrected chi connectivity index (χ0v) is 16.6. The number of halogens is 1. The molecule has 0 saturated heterocycles. The van der Waals surface area contributed by atoms with Crippen molar-refractivity contribution in [3.05, 3.63) is 27.2 Å². The Morgan fingerprint density at radius 3 is 2.65 bits per heavy atom. The van der Waals surface area contributed by atoms with E-state index in [9.17, 15) is 0 Å². The van der Waals surface area contributed by atoms with Crippen molar-refractivity contribution >= 4 is 34.7 Å². The molecule has 0 radical (unpaired) electrons. The number of aromatic nitrogens is 3. The molecule has 7 heteroatoms. The highest BCUT2D eigenvalue weighted by molar-refractivity contribution is 7.98. The van der Waals surface area contributed by atoms with Crippen LogP contribution in [0.1, 0.15) is 49.9 Å². The van der Waals surface area contributed by atoms with Crippen LogP contribution >= 0.6 is 34.7 Å². The van der Waals surface area contributed by atoms with Crippen molar-refractivity contribution in [2.45, 2.75) is 56.6 Å². The molecule has 128 valence electrons. The Morgan fingerprint density at radius 2 is 2.09 bits per heavy atom. The van der Waals surface area contributed by atoms with Gasteiger partial charge in [-0.1, -0.05) is 43.6 Å². The van der Waals surface area contributed by atoms with Crippen LogP contribution in [0.4, 0.5) is 0 Å². The van der Waals surface area contributed by atoms with E-state index in [1.165, 1.54) is 11.3 Å². The van der Waals surface area contributed by atoms with E-state index in [1.54, 1.807) is 23.1 Å². The van der Waals surface area contributed by atoms with Gasteiger partial charge in [-0.05, 0) is 39.1 Å². The molecule has 0 N–H and O–H groups in total. The molecule has 0 spiro atoms. The maximum absolute atomic E-state index is 6.01. The molecular formula is C16H25ClN4S2. The summed E-state index contributed by atoms with van der Waals surface area (Å²) < 4.78 is 3.14. The predicted molar refractivity (Wildman–Crippen MR) is 101 cm³/mol. The highest BCUT2D eigenvalue weighted by Gasteiger charge is 2.21. The largest absolute Gasteiger partial charge is 0.305 e. The van der Waals surface area contributed by atoms with Crippen LogP contribution in [0.3, 0.4) is 0 Å². The van der Waals surface area contributed by atoms with Crippen molar-refractivity contribution in [3.8, 4) is 0 Å². The number of thiophene rings is 1. The van der Waals surface area contributed by atoms with Gasteiger partial charge in [-0.25, -0.2) is 0 Å². The fourth-order valence-corrected chi connectivity index (χ4v) is 4.63. The summed E-state index contributed by atoms with van der Waals surface area (Å²) in [6.07, 6.45) is 3.34. The first-order valence-electron chi connectivity index (χ1n) is 8.03. The van der Waals surface area contributed by atoms with Crippen LogP contribution in [0.5, 0.6) is 0 Å². The number of hydrogen-bond acceptors (Lipinski definition) is 5. The van der Waals surface area contributed by atoms with Crippen LogP contribution in [0, 0.1) is 0 Å². The smallest absolute Gasteiger partial charge is 0.191 e. The van der Waals surface area contributed by atoms with Crippen LogP contribution in [0.15, 0.2) is 17.3 Å². The molecule has 1 unspecified atom stereocenters. The zero-order chi connectivity index (χ0) is 16.8. The van der Waals surface area contributed by atoms with Gasteiger partial charge in [0.2, 0.25) is 0 Å². The second kappa shape index (κ2) is 9.06. The van der Waals surface area contributed by atoms with Gasteiger partial charge in [-0.15, -0.1) is 21.5 Å². The molecule has 0 amide bonds. The van der Waals surface area contributed by atoms with Crippen molar-refractivity contribution in [2.75, 3.05) is 14.1 Å². The quantitative estimate of drug-likeness (QED) is 0.573. The summed E-state index contributed by atoms with van der Waals surface area (Å²) in [4.78, 5) is 3.49. The number of nitrogens with zero attached hydrogens (tertiary/aromatic N) is 4. The van der Waals surface area contributed by atoms with Crippen LogP contribution in [0.2, 0.25) is 4.34 Å². The Hall–Kier alpha value is -0.560. The predicted octanol–water partition coefficient (Wildman–Crippen LogP) is 5.10. The van der Waals surface area contributed by atoms with Crippen LogP contribution < -0.4 is 0 Å². The molecule has 0 saturated carbocycles. The maximum atomic E-state index is 6.01. The molecule has 23 heavy (non-hydrogen) atoms. The fraction of sp³-hybridized carbons (Fsp3) is 0.625. The van der Waals surface area contributed by atoms with Gasteiger partial charge in [-0.2, -0.15) is 0 Å². The number of unbranched alkanes of at least 4 members (excludes halogenated alkanes) is 1. The Bertz CT molecular complexity index is 609. The summed E-state index contributed by atoms with van der Waals surface area (Å²) in [6, 6.07) is 4.35. The highest BCUT2D eigenvalue weighted by atomic mass is 35.5. The third-order valence-corrected chi connectivity index (χ3v) is 6.19. The molecule has 1 atom stereocenters. The van der Waals surface area contributed by atoms with Gasteiger partial charge < -0.3 is 4.57 Å². The number of rotatable bonds is 9. The fourth-order valence-electron chi connectivity index (χ4n) is 2.52. The lowest BCUT2D eigenvalue weighted by Crippen LogP contribution is -2.23. The molecule has 0 aromatic carbocycles. The molecular weight excluding hydrogens is 348 g/mol. The van der Waals surface area contributed by atoms with Gasteiger partial charge in [0.15, 0.2) is 11.0 Å². The van der Waals surface area contributed by atoms with E-state index < -0.39 is 0 Å². The van der Waals surface area contributed by atoms with Crippen LogP contribution in [-0.4, -0.2) is 33.8 Å². The minimum absolute atomic E-state index is 0.310. The van der Waals surface area contributed by atoms with E-state index >= 15 is 0 Å². The van der Waals surface area contributed by atoms with Crippen molar-refractivity contribution < 1.29 is 0 Å². The van der Waals surface area contributed by atoms with E-state index in [1.807, 2.05) is 6.07 Å². The van der Waals surface area contributed by atoms with Gasteiger partial charge in [0.25, 0.3) is 0 Å². The van der Waals surface area contributed by atoms with Gasteiger partial charge in [0, 0.05) is 17.2 Å². The Kier molecular flexibility index (Phi) is 7.40.